The summed E-state index contributed by atoms with van der Waals surface area (Å²) >= 11 is 0. The number of aliphatic hydroxyl groups is 1. The Kier molecular flexibility index (Phi) is 5.13. The molecule has 0 bridgehead atoms. The molecule has 2 atom stereocenters. The summed E-state index contributed by atoms with van der Waals surface area (Å²) in [7, 11) is 0. The van der Waals surface area contributed by atoms with Crippen molar-refractivity contribution in [2.75, 3.05) is 13.2 Å². The first kappa shape index (κ1) is 13.8. The molecule has 1 saturated heterocycles. The minimum Gasteiger partial charge on any atom is -0.396 e. The first-order chi connectivity index (χ1) is 9.31. The molecule has 1 heterocycles. The number of rotatable bonds is 3. The molecule has 1 aliphatic heterocycles. The normalized spacial score (nSPS) is 18.1. The SMILES string of the molecule is C[C@H](CO)c1ccccc1.c1ccc(C2CO2)cc1. The third-order valence-electron chi connectivity index (χ3n) is 3.15. The fourth-order valence-corrected chi connectivity index (χ4v) is 1.80. The lowest BCUT2D eigenvalue weighted by Gasteiger charge is -2.05. The van der Waals surface area contributed by atoms with Gasteiger partial charge < -0.3 is 9.84 Å². The summed E-state index contributed by atoms with van der Waals surface area (Å²) in [5.74, 6) is 0.265. The molecule has 0 aliphatic carbocycles. The molecule has 1 unspecified atom stereocenters. The number of aliphatic hydroxyl groups excluding tert-OH is 1. The van der Waals surface area contributed by atoms with Gasteiger partial charge in [0.15, 0.2) is 0 Å². The summed E-state index contributed by atoms with van der Waals surface area (Å²) in [6, 6.07) is 20.3. The van der Waals surface area contributed by atoms with Crippen molar-refractivity contribution < 1.29 is 9.84 Å². The van der Waals surface area contributed by atoms with Gasteiger partial charge in [-0.1, -0.05) is 67.6 Å². The molecule has 2 aromatic rings. The Labute approximate surface area is 114 Å². The van der Waals surface area contributed by atoms with Gasteiger partial charge in [-0.15, -0.1) is 0 Å². The lowest BCUT2D eigenvalue weighted by molar-refractivity contribution is 0.273. The lowest BCUT2D eigenvalue weighted by atomic mass is 10.0. The average molecular weight is 256 g/mol. The molecule has 3 rings (SSSR count). The van der Waals surface area contributed by atoms with Crippen LogP contribution in [0.4, 0.5) is 0 Å². The van der Waals surface area contributed by atoms with E-state index < -0.39 is 0 Å². The summed E-state index contributed by atoms with van der Waals surface area (Å²) in [6.45, 7) is 3.14. The van der Waals surface area contributed by atoms with E-state index in [4.69, 9.17) is 9.84 Å². The molecule has 0 saturated carbocycles. The van der Waals surface area contributed by atoms with Crippen LogP contribution in [0.5, 0.6) is 0 Å². The monoisotopic (exact) mass is 256 g/mol. The third kappa shape index (κ3) is 4.51. The van der Waals surface area contributed by atoms with Crippen LogP contribution in [0.1, 0.15) is 30.1 Å². The van der Waals surface area contributed by atoms with Gasteiger partial charge in [0, 0.05) is 12.5 Å². The predicted octanol–water partition coefficient (Wildman–Crippen LogP) is 3.54. The second-order valence-corrected chi connectivity index (χ2v) is 4.73. The third-order valence-corrected chi connectivity index (χ3v) is 3.15. The van der Waals surface area contributed by atoms with E-state index in [1.165, 1.54) is 11.1 Å². The number of ether oxygens (including phenoxy) is 1. The number of epoxide rings is 1. The maximum atomic E-state index is 8.79. The van der Waals surface area contributed by atoms with E-state index in [-0.39, 0.29) is 12.5 Å². The maximum Gasteiger partial charge on any atom is 0.106 e. The van der Waals surface area contributed by atoms with Crippen molar-refractivity contribution in [3.63, 3.8) is 0 Å². The van der Waals surface area contributed by atoms with E-state index in [9.17, 15) is 0 Å². The summed E-state index contributed by atoms with van der Waals surface area (Å²) in [5, 5.41) is 8.79. The lowest BCUT2D eigenvalue weighted by Crippen LogP contribution is -1.97. The highest BCUT2D eigenvalue weighted by molar-refractivity contribution is 5.20. The van der Waals surface area contributed by atoms with E-state index >= 15 is 0 Å². The van der Waals surface area contributed by atoms with Crippen molar-refractivity contribution in [1.29, 1.82) is 0 Å². The zero-order chi connectivity index (χ0) is 13.5. The largest absolute Gasteiger partial charge is 0.396 e. The Balaban J connectivity index is 0.000000141. The minimum absolute atomic E-state index is 0.226. The first-order valence-electron chi connectivity index (χ1n) is 6.63. The van der Waals surface area contributed by atoms with Crippen molar-refractivity contribution >= 4 is 0 Å². The number of hydrogen-bond donors (Lipinski definition) is 1. The summed E-state index contributed by atoms with van der Waals surface area (Å²) in [5.41, 5.74) is 2.50. The Morgan fingerprint density at radius 2 is 1.58 bits per heavy atom. The highest BCUT2D eigenvalue weighted by Crippen LogP contribution is 2.28. The zero-order valence-corrected chi connectivity index (χ0v) is 11.2. The first-order valence-corrected chi connectivity index (χ1v) is 6.63. The van der Waals surface area contributed by atoms with Crippen LogP contribution in [-0.4, -0.2) is 18.3 Å². The van der Waals surface area contributed by atoms with Gasteiger partial charge in [-0.25, -0.2) is 0 Å². The van der Waals surface area contributed by atoms with E-state index in [0.29, 0.717) is 6.10 Å². The summed E-state index contributed by atoms with van der Waals surface area (Å²) in [6.07, 6.45) is 0.409. The molecule has 100 valence electrons. The Morgan fingerprint density at radius 1 is 1.05 bits per heavy atom. The fraction of sp³-hybridized carbons (Fsp3) is 0.294. The second-order valence-electron chi connectivity index (χ2n) is 4.73. The van der Waals surface area contributed by atoms with Crippen molar-refractivity contribution in [1.82, 2.24) is 0 Å². The minimum atomic E-state index is 0.226. The molecule has 0 amide bonds. The molecule has 2 nitrogen and oxygen atoms in total. The zero-order valence-electron chi connectivity index (χ0n) is 11.2. The van der Waals surface area contributed by atoms with Crippen molar-refractivity contribution in [2.24, 2.45) is 0 Å². The van der Waals surface area contributed by atoms with E-state index in [2.05, 4.69) is 12.1 Å². The van der Waals surface area contributed by atoms with Gasteiger partial charge in [0.05, 0.1) is 6.61 Å². The highest BCUT2D eigenvalue weighted by atomic mass is 16.6. The molecule has 1 N–H and O–H groups in total. The molecule has 19 heavy (non-hydrogen) atoms. The van der Waals surface area contributed by atoms with Crippen molar-refractivity contribution in [3.05, 3.63) is 71.8 Å². The molecule has 2 heteroatoms. The van der Waals surface area contributed by atoms with Gasteiger partial charge in [-0.2, -0.15) is 0 Å². The Hall–Kier alpha value is -1.64. The standard InChI is InChI=1S/C9H12O.C8H8O/c1-8(7-10)9-5-3-2-4-6-9;1-2-4-7(5-3-1)8-6-9-8/h2-6,8,10H,7H2,1H3;1-5,8H,6H2/t8-;/m1./s1. The van der Waals surface area contributed by atoms with Crippen LogP contribution in [-0.2, 0) is 4.74 Å². The van der Waals surface area contributed by atoms with Crippen LogP contribution < -0.4 is 0 Å². The van der Waals surface area contributed by atoms with Gasteiger partial charge in [-0.3, -0.25) is 0 Å². The van der Waals surface area contributed by atoms with Crippen molar-refractivity contribution in [2.45, 2.75) is 18.9 Å². The Bertz CT molecular complexity index is 463. The summed E-state index contributed by atoms with van der Waals surface area (Å²) in [4.78, 5) is 0. The van der Waals surface area contributed by atoms with Crippen LogP contribution in [0.25, 0.3) is 0 Å². The van der Waals surface area contributed by atoms with Crippen LogP contribution in [0.3, 0.4) is 0 Å². The van der Waals surface area contributed by atoms with Crippen LogP contribution in [0, 0.1) is 0 Å². The van der Waals surface area contributed by atoms with Gasteiger partial charge in [0.25, 0.3) is 0 Å². The molecule has 1 fully saturated rings. The maximum absolute atomic E-state index is 8.79. The van der Waals surface area contributed by atoms with Gasteiger partial charge >= 0.3 is 0 Å². The number of hydrogen-bond acceptors (Lipinski definition) is 2. The predicted molar refractivity (Wildman–Crippen MR) is 77.1 cm³/mol. The van der Waals surface area contributed by atoms with Gasteiger partial charge in [0.2, 0.25) is 0 Å². The van der Waals surface area contributed by atoms with E-state index in [1.54, 1.807) is 0 Å². The van der Waals surface area contributed by atoms with Crippen LogP contribution >= 0.6 is 0 Å². The summed E-state index contributed by atoms with van der Waals surface area (Å²) < 4.78 is 5.09. The van der Waals surface area contributed by atoms with Crippen LogP contribution in [0.2, 0.25) is 0 Å². The average Bonchev–Trinajstić information content (AvgIpc) is 3.34. The quantitative estimate of drug-likeness (QED) is 0.852. The molecule has 0 spiro atoms. The molecule has 0 radical (unpaired) electrons. The van der Waals surface area contributed by atoms with Gasteiger partial charge in [0.1, 0.15) is 6.10 Å². The van der Waals surface area contributed by atoms with E-state index in [1.807, 2.05) is 55.5 Å². The second kappa shape index (κ2) is 7.07. The highest BCUT2D eigenvalue weighted by Gasteiger charge is 2.23. The number of benzene rings is 2. The molecule has 1 aliphatic rings. The molecule has 2 aromatic carbocycles. The van der Waals surface area contributed by atoms with Crippen LogP contribution in [0.15, 0.2) is 60.7 Å². The molecule has 0 aromatic heterocycles. The van der Waals surface area contributed by atoms with E-state index in [0.717, 1.165) is 6.61 Å². The Morgan fingerprint density at radius 3 is 2.05 bits per heavy atom. The van der Waals surface area contributed by atoms with Crippen molar-refractivity contribution in [3.8, 4) is 0 Å². The topological polar surface area (TPSA) is 32.8 Å². The molecular formula is C17H20O2. The smallest absolute Gasteiger partial charge is 0.106 e. The fourth-order valence-electron chi connectivity index (χ4n) is 1.80. The molecular weight excluding hydrogens is 236 g/mol. The van der Waals surface area contributed by atoms with Gasteiger partial charge in [-0.05, 0) is 11.1 Å².